The third-order valence-corrected chi connectivity index (χ3v) is 3.48. The van der Waals surface area contributed by atoms with Gasteiger partial charge in [0, 0.05) is 6.04 Å². The van der Waals surface area contributed by atoms with Crippen molar-refractivity contribution in [2.75, 3.05) is 18.6 Å². The minimum atomic E-state index is 0.0894. The van der Waals surface area contributed by atoms with Crippen LogP contribution in [0.1, 0.15) is 43.7 Å². The van der Waals surface area contributed by atoms with E-state index in [9.17, 15) is 4.79 Å². The van der Waals surface area contributed by atoms with Gasteiger partial charge in [-0.25, -0.2) is 0 Å². The Labute approximate surface area is 107 Å². The molecule has 1 aromatic rings. The molecule has 0 aromatic carbocycles. The second-order valence-corrected chi connectivity index (χ2v) is 5.18. The molecule has 0 saturated carbocycles. The Balaban J connectivity index is 2.85. The molecule has 0 saturated heterocycles. The predicted molar refractivity (Wildman–Crippen MR) is 71.1 cm³/mol. The maximum Gasteiger partial charge on any atom is 0.194 e. The van der Waals surface area contributed by atoms with Crippen LogP contribution >= 0.6 is 11.8 Å². The fraction of sp³-hybridized carbons (Fsp3) is 0.667. The van der Waals surface area contributed by atoms with Crippen LogP contribution < -0.4 is 4.74 Å². The average molecular weight is 256 g/mol. The average Bonchev–Trinajstić information content (AvgIpc) is 2.72. The Bertz CT molecular complexity index is 375. The van der Waals surface area contributed by atoms with Crippen LogP contribution in [0.3, 0.4) is 0 Å². The number of rotatable bonds is 7. The molecule has 0 amide bonds. The van der Waals surface area contributed by atoms with Gasteiger partial charge < -0.3 is 4.74 Å². The van der Waals surface area contributed by atoms with Crippen LogP contribution in [0.4, 0.5) is 0 Å². The quantitative estimate of drug-likeness (QED) is 0.556. The van der Waals surface area contributed by atoms with E-state index in [1.54, 1.807) is 29.8 Å². The van der Waals surface area contributed by atoms with Crippen LogP contribution in [0.5, 0.6) is 5.75 Å². The van der Waals surface area contributed by atoms with Crippen molar-refractivity contribution in [2.45, 2.75) is 33.2 Å². The maximum atomic E-state index is 12.1. The van der Waals surface area contributed by atoms with Crippen molar-refractivity contribution < 1.29 is 9.53 Å². The molecule has 0 N–H and O–H groups in total. The van der Waals surface area contributed by atoms with Crippen molar-refractivity contribution in [2.24, 2.45) is 0 Å². The van der Waals surface area contributed by atoms with Gasteiger partial charge >= 0.3 is 0 Å². The van der Waals surface area contributed by atoms with Gasteiger partial charge in [-0.15, -0.1) is 0 Å². The van der Waals surface area contributed by atoms with E-state index in [1.807, 2.05) is 13.8 Å². The molecule has 0 atom stereocenters. The standard InChI is InChI=1S/C12H20N2O2S/c1-5-6-17-8-10(15)12-11(16-4)7-13-14(12)9(2)3/h7,9H,5-6,8H2,1-4H3. The monoisotopic (exact) mass is 256 g/mol. The number of nitrogens with zero attached hydrogens (tertiary/aromatic N) is 2. The topological polar surface area (TPSA) is 44.1 Å². The third kappa shape index (κ3) is 3.49. The first-order chi connectivity index (χ1) is 8.11. The number of carbonyl (C=O) groups excluding carboxylic acids is 1. The first-order valence-electron chi connectivity index (χ1n) is 5.84. The largest absolute Gasteiger partial charge is 0.493 e. The van der Waals surface area contributed by atoms with E-state index in [0.29, 0.717) is 17.2 Å². The van der Waals surface area contributed by atoms with Crippen molar-refractivity contribution >= 4 is 17.5 Å². The number of ketones is 1. The first-order valence-corrected chi connectivity index (χ1v) is 6.99. The zero-order valence-corrected chi connectivity index (χ0v) is 11.7. The Morgan fingerprint density at radius 2 is 2.29 bits per heavy atom. The zero-order valence-electron chi connectivity index (χ0n) is 10.9. The molecule has 0 aliphatic carbocycles. The van der Waals surface area contributed by atoms with Gasteiger partial charge in [0.25, 0.3) is 0 Å². The SMILES string of the molecule is CCCSCC(=O)c1c(OC)cnn1C(C)C. The van der Waals surface area contributed by atoms with Crippen molar-refractivity contribution in [1.29, 1.82) is 0 Å². The van der Waals surface area contributed by atoms with Gasteiger partial charge in [0.2, 0.25) is 0 Å². The summed E-state index contributed by atoms with van der Waals surface area (Å²) in [6.45, 7) is 6.11. The lowest BCUT2D eigenvalue weighted by atomic mass is 10.2. The van der Waals surface area contributed by atoms with E-state index in [4.69, 9.17) is 4.74 Å². The molecular weight excluding hydrogens is 236 g/mol. The zero-order chi connectivity index (χ0) is 12.8. The van der Waals surface area contributed by atoms with Crippen molar-refractivity contribution in [3.63, 3.8) is 0 Å². The number of Topliss-reactive ketones (excluding diaryl/α,β-unsaturated/α-hetero) is 1. The number of hydrogen-bond acceptors (Lipinski definition) is 4. The minimum Gasteiger partial charge on any atom is -0.493 e. The summed E-state index contributed by atoms with van der Waals surface area (Å²) in [6.07, 6.45) is 2.69. The fourth-order valence-electron chi connectivity index (χ4n) is 1.53. The van der Waals surface area contributed by atoms with Crippen LogP contribution in [-0.2, 0) is 0 Å². The van der Waals surface area contributed by atoms with Crippen LogP contribution in [0.2, 0.25) is 0 Å². The molecule has 1 rings (SSSR count). The lowest BCUT2D eigenvalue weighted by molar-refractivity contribution is 0.100. The minimum absolute atomic E-state index is 0.0894. The highest BCUT2D eigenvalue weighted by Crippen LogP contribution is 2.22. The van der Waals surface area contributed by atoms with Gasteiger partial charge in [-0.3, -0.25) is 9.48 Å². The van der Waals surface area contributed by atoms with Crippen LogP contribution in [-0.4, -0.2) is 34.2 Å². The van der Waals surface area contributed by atoms with E-state index in [0.717, 1.165) is 12.2 Å². The molecule has 0 aliphatic heterocycles. The molecule has 0 unspecified atom stereocenters. The van der Waals surface area contributed by atoms with Crippen molar-refractivity contribution in [3.05, 3.63) is 11.9 Å². The summed E-state index contributed by atoms with van der Waals surface area (Å²) in [7, 11) is 1.57. The van der Waals surface area contributed by atoms with Crippen molar-refractivity contribution in [3.8, 4) is 5.75 Å². The van der Waals surface area contributed by atoms with Crippen LogP contribution in [0.25, 0.3) is 0 Å². The van der Waals surface area contributed by atoms with E-state index < -0.39 is 0 Å². The smallest absolute Gasteiger partial charge is 0.194 e. The second-order valence-electron chi connectivity index (χ2n) is 4.08. The number of carbonyl (C=O) groups is 1. The van der Waals surface area contributed by atoms with Gasteiger partial charge in [-0.2, -0.15) is 16.9 Å². The number of thioether (sulfide) groups is 1. The molecule has 17 heavy (non-hydrogen) atoms. The van der Waals surface area contributed by atoms with Gasteiger partial charge in [-0.05, 0) is 26.0 Å². The van der Waals surface area contributed by atoms with E-state index >= 15 is 0 Å². The Hall–Kier alpha value is -0.970. The highest BCUT2D eigenvalue weighted by Gasteiger charge is 2.20. The summed E-state index contributed by atoms with van der Waals surface area (Å²) in [5.41, 5.74) is 0.589. The summed E-state index contributed by atoms with van der Waals surface area (Å²) in [5.74, 6) is 2.15. The molecule has 0 fully saturated rings. The molecule has 96 valence electrons. The van der Waals surface area contributed by atoms with Crippen LogP contribution in [0.15, 0.2) is 6.20 Å². The molecule has 0 aliphatic rings. The molecule has 5 heteroatoms. The summed E-state index contributed by atoms with van der Waals surface area (Å²) in [5, 5.41) is 4.20. The van der Waals surface area contributed by atoms with E-state index in [1.165, 1.54) is 0 Å². The summed E-state index contributed by atoms with van der Waals surface area (Å²) >= 11 is 1.65. The van der Waals surface area contributed by atoms with E-state index in [2.05, 4.69) is 12.0 Å². The number of ether oxygens (including phenoxy) is 1. The molecule has 1 aromatic heterocycles. The molecule has 1 heterocycles. The maximum absolute atomic E-state index is 12.1. The Morgan fingerprint density at radius 1 is 1.59 bits per heavy atom. The predicted octanol–water partition coefficient (Wildman–Crippen LogP) is 2.80. The second kappa shape index (κ2) is 6.69. The van der Waals surface area contributed by atoms with Crippen molar-refractivity contribution in [1.82, 2.24) is 9.78 Å². The molecular formula is C12H20N2O2S. The normalized spacial score (nSPS) is 10.9. The van der Waals surface area contributed by atoms with Gasteiger partial charge in [-0.1, -0.05) is 6.92 Å². The van der Waals surface area contributed by atoms with E-state index in [-0.39, 0.29) is 11.8 Å². The summed E-state index contributed by atoms with van der Waals surface area (Å²) < 4.78 is 6.92. The number of aromatic nitrogens is 2. The fourth-order valence-corrected chi connectivity index (χ4v) is 2.29. The molecule has 4 nitrogen and oxygen atoms in total. The Morgan fingerprint density at radius 3 is 2.82 bits per heavy atom. The molecule has 0 bridgehead atoms. The number of hydrogen-bond donors (Lipinski definition) is 0. The lowest BCUT2D eigenvalue weighted by Crippen LogP contribution is -2.15. The highest BCUT2D eigenvalue weighted by atomic mass is 32.2. The molecule has 0 radical (unpaired) electrons. The van der Waals surface area contributed by atoms with Gasteiger partial charge in [0.15, 0.2) is 11.5 Å². The van der Waals surface area contributed by atoms with Crippen LogP contribution in [0, 0.1) is 0 Å². The first kappa shape index (κ1) is 14.1. The summed E-state index contributed by atoms with van der Waals surface area (Å²) in [6, 6.07) is 0.161. The lowest BCUT2D eigenvalue weighted by Gasteiger charge is -2.11. The third-order valence-electron chi connectivity index (χ3n) is 2.32. The van der Waals surface area contributed by atoms with Gasteiger partial charge in [0.1, 0.15) is 5.69 Å². The van der Waals surface area contributed by atoms with Gasteiger partial charge in [0.05, 0.1) is 19.1 Å². The number of methoxy groups -OCH3 is 1. The Kier molecular flexibility index (Phi) is 5.55. The molecule has 0 spiro atoms. The summed E-state index contributed by atoms with van der Waals surface area (Å²) in [4.78, 5) is 12.1. The highest BCUT2D eigenvalue weighted by molar-refractivity contribution is 7.99.